The number of alkyl halides is 3. The average Bonchev–Trinajstić information content (AvgIpc) is 2.73. The molecule has 0 aliphatic carbocycles. The number of halogens is 3. The largest absolute Gasteiger partial charge is 0.411 e. The lowest BCUT2D eigenvalue weighted by Crippen LogP contribution is -2.17. The van der Waals surface area contributed by atoms with Crippen LogP contribution >= 0.6 is 11.8 Å². The molecule has 0 aliphatic rings. The molecule has 1 atom stereocenters. The molecule has 1 rings (SSSR count). The Hall–Kier alpha value is -0.800. The molecule has 104 valence electrons. The van der Waals surface area contributed by atoms with Gasteiger partial charge in [-0.1, -0.05) is 5.16 Å². The minimum Gasteiger partial charge on any atom is -0.364 e. The van der Waals surface area contributed by atoms with Gasteiger partial charge in [-0.25, -0.2) is 0 Å². The van der Waals surface area contributed by atoms with Crippen molar-refractivity contribution in [1.82, 2.24) is 10.1 Å². The zero-order chi connectivity index (χ0) is 13.6. The van der Waals surface area contributed by atoms with Gasteiger partial charge in [0.15, 0.2) is 5.82 Å². The van der Waals surface area contributed by atoms with Crippen molar-refractivity contribution in [3.05, 3.63) is 11.7 Å². The fourth-order valence-corrected chi connectivity index (χ4v) is 1.59. The number of rotatable bonds is 7. The third kappa shape index (κ3) is 5.69. The third-order valence-electron chi connectivity index (χ3n) is 1.93. The van der Waals surface area contributed by atoms with E-state index in [0.717, 1.165) is 5.75 Å². The molecule has 0 unspecified atom stereocenters. The average molecular weight is 285 g/mol. The Bertz CT molecular complexity index is 359. The molecule has 0 radical (unpaired) electrons. The highest BCUT2D eigenvalue weighted by Gasteiger charge is 2.27. The zero-order valence-electron chi connectivity index (χ0n) is 9.74. The topological polar surface area (TPSA) is 74.2 Å². The smallest absolute Gasteiger partial charge is 0.364 e. The standard InChI is InChI=1S/C9H14F3N3O2S/c1-18-3-2-6(13)8-14-7(15-17-8)4-16-5-9(10,11)12/h6H,2-5,13H2,1H3/t6-/m0/s1. The van der Waals surface area contributed by atoms with E-state index in [4.69, 9.17) is 10.3 Å². The minimum atomic E-state index is -4.36. The molecule has 0 fully saturated rings. The predicted octanol–water partition coefficient (Wildman–Crippen LogP) is 1.90. The maximum Gasteiger partial charge on any atom is 0.411 e. The van der Waals surface area contributed by atoms with Crippen LogP contribution in [0.15, 0.2) is 4.52 Å². The van der Waals surface area contributed by atoms with Crippen molar-refractivity contribution in [2.24, 2.45) is 5.73 Å². The van der Waals surface area contributed by atoms with Gasteiger partial charge in [0.2, 0.25) is 5.89 Å². The first-order chi connectivity index (χ1) is 8.42. The summed E-state index contributed by atoms with van der Waals surface area (Å²) in [6.07, 6.45) is -1.76. The van der Waals surface area contributed by atoms with Gasteiger partial charge in [-0.15, -0.1) is 0 Å². The van der Waals surface area contributed by atoms with Crippen molar-refractivity contribution in [3.63, 3.8) is 0 Å². The van der Waals surface area contributed by atoms with Crippen molar-refractivity contribution in [2.45, 2.75) is 25.2 Å². The lowest BCUT2D eigenvalue weighted by molar-refractivity contribution is -0.177. The summed E-state index contributed by atoms with van der Waals surface area (Å²) in [6.45, 7) is -1.69. The van der Waals surface area contributed by atoms with Crippen LogP contribution < -0.4 is 5.73 Å². The monoisotopic (exact) mass is 285 g/mol. The summed E-state index contributed by atoms with van der Waals surface area (Å²) < 4.78 is 44.7. The molecule has 1 aromatic rings. The Labute approximate surface area is 106 Å². The van der Waals surface area contributed by atoms with Gasteiger partial charge in [0.05, 0.1) is 6.04 Å². The molecule has 0 amide bonds. The van der Waals surface area contributed by atoms with Crippen LogP contribution in [0.3, 0.4) is 0 Å². The van der Waals surface area contributed by atoms with E-state index in [-0.39, 0.29) is 18.3 Å². The maximum absolute atomic E-state index is 11.8. The Morgan fingerprint density at radius 1 is 1.50 bits per heavy atom. The molecule has 0 saturated carbocycles. The number of hydrogen-bond acceptors (Lipinski definition) is 6. The van der Waals surface area contributed by atoms with E-state index in [1.165, 1.54) is 0 Å². The number of aromatic nitrogens is 2. The normalized spacial score (nSPS) is 13.8. The van der Waals surface area contributed by atoms with Gasteiger partial charge in [0.25, 0.3) is 0 Å². The molecule has 5 nitrogen and oxygen atoms in total. The van der Waals surface area contributed by atoms with E-state index in [0.29, 0.717) is 6.42 Å². The highest BCUT2D eigenvalue weighted by atomic mass is 32.2. The van der Waals surface area contributed by atoms with Crippen LogP contribution in [0.5, 0.6) is 0 Å². The Kier molecular flexibility index (Phi) is 5.89. The van der Waals surface area contributed by atoms with Crippen LogP contribution in [-0.4, -0.2) is 34.9 Å². The highest BCUT2D eigenvalue weighted by Crippen LogP contribution is 2.16. The van der Waals surface area contributed by atoms with E-state index in [9.17, 15) is 13.2 Å². The SMILES string of the molecule is CSCC[C@H](N)c1nc(COCC(F)(F)F)no1. The Balaban J connectivity index is 2.38. The zero-order valence-corrected chi connectivity index (χ0v) is 10.6. The van der Waals surface area contributed by atoms with E-state index in [1.807, 2.05) is 6.26 Å². The first-order valence-electron chi connectivity index (χ1n) is 5.14. The summed E-state index contributed by atoms with van der Waals surface area (Å²) in [5, 5.41) is 3.50. The summed E-state index contributed by atoms with van der Waals surface area (Å²) in [6, 6.07) is -0.402. The van der Waals surface area contributed by atoms with Gasteiger partial charge in [-0.2, -0.15) is 29.9 Å². The molecular weight excluding hydrogens is 271 g/mol. The minimum absolute atomic E-state index is 0.0638. The van der Waals surface area contributed by atoms with E-state index >= 15 is 0 Å². The van der Waals surface area contributed by atoms with Crippen LogP contribution in [0.2, 0.25) is 0 Å². The van der Waals surface area contributed by atoms with Crippen LogP contribution in [0.1, 0.15) is 24.2 Å². The van der Waals surface area contributed by atoms with E-state index in [1.54, 1.807) is 11.8 Å². The van der Waals surface area contributed by atoms with Gasteiger partial charge in [-0.05, 0) is 18.4 Å². The van der Waals surface area contributed by atoms with Gasteiger partial charge in [0, 0.05) is 0 Å². The second-order valence-electron chi connectivity index (χ2n) is 3.54. The lowest BCUT2D eigenvalue weighted by Gasteiger charge is -2.05. The molecule has 1 aromatic heterocycles. The van der Waals surface area contributed by atoms with Crippen molar-refractivity contribution in [2.75, 3.05) is 18.6 Å². The number of thioether (sulfide) groups is 1. The van der Waals surface area contributed by atoms with Gasteiger partial charge >= 0.3 is 6.18 Å². The van der Waals surface area contributed by atoms with Crippen LogP contribution in [0, 0.1) is 0 Å². The van der Waals surface area contributed by atoms with Crippen molar-refractivity contribution >= 4 is 11.8 Å². The third-order valence-corrected chi connectivity index (χ3v) is 2.57. The molecule has 2 N–H and O–H groups in total. The molecule has 0 saturated heterocycles. The highest BCUT2D eigenvalue weighted by molar-refractivity contribution is 7.98. The summed E-state index contributed by atoms with van der Waals surface area (Å²) >= 11 is 1.63. The summed E-state index contributed by atoms with van der Waals surface area (Å²) in [5.74, 6) is 1.12. The first-order valence-corrected chi connectivity index (χ1v) is 6.53. The fraction of sp³-hybridized carbons (Fsp3) is 0.778. The molecule has 0 spiro atoms. The van der Waals surface area contributed by atoms with Gasteiger partial charge in [-0.3, -0.25) is 0 Å². The quantitative estimate of drug-likeness (QED) is 0.824. The summed E-state index contributed by atoms with van der Waals surface area (Å²) in [7, 11) is 0. The van der Waals surface area contributed by atoms with Crippen LogP contribution in [-0.2, 0) is 11.3 Å². The van der Waals surface area contributed by atoms with Crippen molar-refractivity contribution < 1.29 is 22.4 Å². The molecular formula is C9H14F3N3O2S. The van der Waals surface area contributed by atoms with Crippen molar-refractivity contribution in [1.29, 1.82) is 0 Å². The molecule has 0 aliphatic heterocycles. The number of hydrogen-bond donors (Lipinski definition) is 1. The molecule has 0 bridgehead atoms. The summed E-state index contributed by atoms with van der Waals surface area (Å²) in [5.41, 5.74) is 5.76. The van der Waals surface area contributed by atoms with E-state index in [2.05, 4.69) is 14.9 Å². The summed E-state index contributed by atoms with van der Waals surface area (Å²) in [4.78, 5) is 3.88. The fourth-order valence-electron chi connectivity index (χ4n) is 1.10. The van der Waals surface area contributed by atoms with Crippen molar-refractivity contribution in [3.8, 4) is 0 Å². The van der Waals surface area contributed by atoms with Gasteiger partial charge in [0.1, 0.15) is 13.2 Å². The van der Waals surface area contributed by atoms with Gasteiger partial charge < -0.3 is 15.0 Å². The molecule has 0 aromatic carbocycles. The first kappa shape index (κ1) is 15.3. The second kappa shape index (κ2) is 6.95. The molecule has 18 heavy (non-hydrogen) atoms. The lowest BCUT2D eigenvalue weighted by atomic mass is 10.2. The maximum atomic E-state index is 11.8. The number of nitrogens with two attached hydrogens (primary N) is 1. The molecule has 9 heteroatoms. The number of nitrogens with zero attached hydrogens (tertiary/aromatic N) is 2. The van der Waals surface area contributed by atoms with Crippen LogP contribution in [0.25, 0.3) is 0 Å². The molecule has 1 heterocycles. The van der Waals surface area contributed by atoms with E-state index < -0.39 is 18.8 Å². The Morgan fingerprint density at radius 2 is 2.22 bits per heavy atom. The Morgan fingerprint density at radius 3 is 2.83 bits per heavy atom. The second-order valence-corrected chi connectivity index (χ2v) is 4.53. The van der Waals surface area contributed by atoms with Crippen LogP contribution in [0.4, 0.5) is 13.2 Å². The number of ether oxygens (including phenoxy) is 1. The predicted molar refractivity (Wildman–Crippen MR) is 59.9 cm³/mol.